The van der Waals surface area contributed by atoms with Crippen molar-refractivity contribution in [3.8, 4) is 0 Å². The van der Waals surface area contributed by atoms with Gasteiger partial charge >= 0.3 is 5.97 Å². The maximum absolute atomic E-state index is 12.3. The molecule has 29 heavy (non-hydrogen) atoms. The number of nitrogens with zero attached hydrogens (tertiary/aromatic N) is 2. The Bertz CT molecular complexity index is 991. The average Bonchev–Trinajstić information content (AvgIpc) is 3.13. The summed E-state index contributed by atoms with van der Waals surface area (Å²) in [6, 6.07) is 10.2. The van der Waals surface area contributed by atoms with Crippen LogP contribution in [0.5, 0.6) is 0 Å². The summed E-state index contributed by atoms with van der Waals surface area (Å²) in [6.45, 7) is 3.48. The van der Waals surface area contributed by atoms with E-state index in [9.17, 15) is 9.59 Å². The fourth-order valence-electron chi connectivity index (χ4n) is 2.28. The number of aryl methyl sites for hydroxylation is 1. The number of nitrogens with one attached hydrogen (secondary N) is 1. The van der Waals surface area contributed by atoms with E-state index in [2.05, 4.69) is 15.3 Å². The van der Waals surface area contributed by atoms with Crippen LogP contribution < -0.4 is 5.32 Å². The molecule has 6 nitrogen and oxygen atoms in total. The highest BCUT2D eigenvalue weighted by Crippen LogP contribution is 2.24. The number of pyridine rings is 1. The third-order valence-electron chi connectivity index (χ3n) is 3.78. The molecule has 1 amide bonds. The third-order valence-corrected chi connectivity index (χ3v) is 5.87. The highest BCUT2D eigenvalue weighted by Gasteiger charge is 2.19. The molecule has 0 fully saturated rings. The van der Waals surface area contributed by atoms with Crippen LogP contribution in [0.4, 0.5) is 5.82 Å². The molecule has 0 aliphatic rings. The van der Waals surface area contributed by atoms with Gasteiger partial charge in [0, 0.05) is 22.2 Å². The van der Waals surface area contributed by atoms with Crippen LogP contribution in [0.3, 0.4) is 0 Å². The van der Waals surface area contributed by atoms with Crippen LogP contribution in [0.1, 0.15) is 28.0 Å². The highest BCUT2D eigenvalue weighted by molar-refractivity contribution is 7.98. The molecule has 150 valence electrons. The van der Waals surface area contributed by atoms with Gasteiger partial charge in [-0.15, -0.1) is 23.1 Å². The van der Waals surface area contributed by atoms with Crippen LogP contribution >= 0.6 is 34.7 Å². The Morgan fingerprint density at radius 3 is 2.62 bits per heavy atom. The average molecular weight is 448 g/mol. The number of hydrogen-bond donors (Lipinski definition) is 1. The van der Waals surface area contributed by atoms with Gasteiger partial charge in [0.15, 0.2) is 6.10 Å². The van der Waals surface area contributed by atoms with Crippen molar-refractivity contribution in [1.29, 1.82) is 0 Å². The number of aromatic nitrogens is 2. The molecule has 3 aromatic rings. The first kappa shape index (κ1) is 21.3. The molecule has 0 bridgehead atoms. The second kappa shape index (κ2) is 9.87. The fourth-order valence-corrected chi connectivity index (χ4v) is 3.90. The lowest BCUT2D eigenvalue weighted by Gasteiger charge is -2.13. The SMILES string of the molecule is Cc1nc(CSc2ccc(C(=O)OC(C)C(=O)Nc3ccc(Cl)cn3)cc2)cs1. The van der Waals surface area contributed by atoms with Gasteiger partial charge in [0.1, 0.15) is 5.82 Å². The Hall–Kier alpha value is -2.42. The lowest BCUT2D eigenvalue weighted by Crippen LogP contribution is -2.30. The van der Waals surface area contributed by atoms with Crippen LogP contribution in [0.15, 0.2) is 52.9 Å². The van der Waals surface area contributed by atoms with Gasteiger partial charge in [-0.1, -0.05) is 11.6 Å². The fraction of sp³-hybridized carbons (Fsp3) is 0.200. The summed E-state index contributed by atoms with van der Waals surface area (Å²) in [5.74, 6) is 0.0608. The number of anilines is 1. The molecule has 0 aliphatic carbocycles. The molecule has 1 atom stereocenters. The van der Waals surface area contributed by atoms with Crippen LogP contribution in [-0.4, -0.2) is 27.9 Å². The van der Waals surface area contributed by atoms with Gasteiger partial charge in [-0.25, -0.2) is 14.8 Å². The number of halogens is 1. The molecule has 9 heteroatoms. The minimum Gasteiger partial charge on any atom is -0.449 e. The van der Waals surface area contributed by atoms with Crippen molar-refractivity contribution in [2.24, 2.45) is 0 Å². The Kier molecular flexibility index (Phi) is 7.24. The number of carbonyl (C=O) groups excluding carboxylic acids is 2. The van der Waals surface area contributed by atoms with Crippen molar-refractivity contribution in [2.45, 2.75) is 30.6 Å². The van der Waals surface area contributed by atoms with Crippen molar-refractivity contribution in [3.05, 3.63) is 69.3 Å². The van der Waals surface area contributed by atoms with E-state index < -0.39 is 18.0 Å². The van der Waals surface area contributed by atoms with E-state index in [0.29, 0.717) is 16.4 Å². The van der Waals surface area contributed by atoms with E-state index in [0.717, 1.165) is 21.3 Å². The largest absolute Gasteiger partial charge is 0.449 e. The summed E-state index contributed by atoms with van der Waals surface area (Å²) in [5, 5.41) is 6.13. The van der Waals surface area contributed by atoms with Gasteiger partial charge in [-0.05, 0) is 50.2 Å². The number of ether oxygens (including phenoxy) is 1. The second-order valence-electron chi connectivity index (χ2n) is 6.07. The summed E-state index contributed by atoms with van der Waals surface area (Å²) in [6.07, 6.45) is 0.449. The molecule has 1 aromatic carbocycles. The maximum Gasteiger partial charge on any atom is 0.338 e. The van der Waals surface area contributed by atoms with E-state index in [-0.39, 0.29) is 0 Å². The molecular formula is C20H18ClN3O3S2. The lowest BCUT2D eigenvalue weighted by molar-refractivity contribution is -0.123. The molecule has 0 spiro atoms. The van der Waals surface area contributed by atoms with Crippen molar-refractivity contribution >= 4 is 52.4 Å². The van der Waals surface area contributed by atoms with Crippen molar-refractivity contribution in [2.75, 3.05) is 5.32 Å². The minimum absolute atomic E-state index is 0.332. The number of rotatable bonds is 7. The summed E-state index contributed by atoms with van der Waals surface area (Å²) in [7, 11) is 0. The monoisotopic (exact) mass is 447 g/mol. The first-order chi connectivity index (χ1) is 13.9. The van der Waals surface area contributed by atoms with Gasteiger partial charge in [0.25, 0.3) is 5.91 Å². The Morgan fingerprint density at radius 1 is 1.24 bits per heavy atom. The Labute approximate surface area is 181 Å². The van der Waals surface area contributed by atoms with Crippen molar-refractivity contribution < 1.29 is 14.3 Å². The van der Waals surface area contributed by atoms with E-state index >= 15 is 0 Å². The second-order valence-corrected chi connectivity index (χ2v) is 8.62. The zero-order valence-electron chi connectivity index (χ0n) is 15.7. The van der Waals surface area contributed by atoms with Crippen molar-refractivity contribution in [1.82, 2.24) is 9.97 Å². The summed E-state index contributed by atoms with van der Waals surface area (Å²) >= 11 is 9.03. The molecule has 2 heterocycles. The molecule has 1 N–H and O–H groups in total. The minimum atomic E-state index is -0.970. The van der Waals surface area contributed by atoms with Crippen LogP contribution in [0.2, 0.25) is 5.02 Å². The standard InChI is InChI=1S/C20H18ClN3O3S2/c1-12(19(25)24-18-8-5-15(21)9-22-18)27-20(26)14-3-6-17(7-4-14)29-11-16-10-28-13(2)23-16/h3-10,12H,11H2,1-2H3,(H,22,24,25). The number of thiazole rings is 1. The van der Waals surface area contributed by atoms with E-state index in [4.69, 9.17) is 16.3 Å². The predicted molar refractivity (Wildman–Crippen MR) is 116 cm³/mol. The summed E-state index contributed by atoms with van der Waals surface area (Å²) in [5.41, 5.74) is 1.42. The molecule has 0 aliphatic heterocycles. The molecule has 3 rings (SSSR count). The number of amides is 1. The maximum atomic E-state index is 12.3. The number of esters is 1. The topological polar surface area (TPSA) is 81.2 Å². The molecule has 0 saturated carbocycles. The van der Waals surface area contributed by atoms with Gasteiger partial charge in [-0.3, -0.25) is 4.79 Å². The quantitative estimate of drug-likeness (QED) is 0.406. The van der Waals surface area contributed by atoms with Gasteiger partial charge in [0.05, 0.1) is 21.3 Å². The normalized spacial score (nSPS) is 11.7. The molecule has 1 unspecified atom stereocenters. The summed E-state index contributed by atoms with van der Waals surface area (Å²) < 4.78 is 5.25. The van der Waals surface area contributed by atoms with Crippen LogP contribution in [0.25, 0.3) is 0 Å². The molecule has 0 radical (unpaired) electrons. The first-order valence-corrected chi connectivity index (χ1v) is 10.9. The van der Waals surface area contributed by atoms with Gasteiger partial charge < -0.3 is 10.1 Å². The smallest absolute Gasteiger partial charge is 0.338 e. The number of thioether (sulfide) groups is 1. The van der Waals surface area contributed by atoms with E-state index in [1.165, 1.54) is 13.1 Å². The van der Waals surface area contributed by atoms with Gasteiger partial charge in [0.2, 0.25) is 0 Å². The molecule has 2 aromatic heterocycles. The first-order valence-electron chi connectivity index (χ1n) is 8.68. The zero-order chi connectivity index (χ0) is 20.8. The molecular weight excluding hydrogens is 430 g/mol. The summed E-state index contributed by atoms with van der Waals surface area (Å²) in [4.78, 5) is 33.9. The lowest BCUT2D eigenvalue weighted by atomic mass is 10.2. The van der Waals surface area contributed by atoms with Crippen molar-refractivity contribution in [3.63, 3.8) is 0 Å². The zero-order valence-corrected chi connectivity index (χ0v) is 18.1. The highest BCUT2D eigenvalue weighted by atomic mass is 35.5. The van der Waals surface area contributed by atoms with E-state index in [1.807, 2.05) is 24.4 Å². The Balaban J connectivity index is 1.51. The van der Waals surface area contributed by atoms with E-state index in [1.54, 1.807) is 47.4 Å². The number of benzene rings is 1. The third kappa shape index (κ3) is 6.28. The number of hydrogen-bond acceptors (Lipinski definition) is 7. The van der Waals surface area contributed by atoms with Crippen LogP contribution in [-0.2, 0) is 15.3 Å². The molecule has 0 saturated heterocycles. The Morgan fingerprint density at radius 2 is 2.00 bits per heavy atom. The predicted octanol–water partition coefficient (Wildman–Crippen LogP) is 4.98. The van der Waals surface area contributed by atoms with Gasteiger partial charge in [-0.2, -0.15) is 0 Å². The number of carbonyl (C=O) groups is 2. The van der Waals surface area contributed by atoms with Crippen LogP contribution in [0, 0.1) is 6.92 Å².